The zero-order chi connectivity index (χ0) is 11.6. The second-order valence-electron chi connectivity index (χ2n) is 3.60. The Hall–Kier alpha value is -0.980. The highest BCUT2D eigenvalue weighted by atomic mass is 32.2. The van der Waals surface area contributed by atoms with Crippen LogP contribution in [0.3, 0.4) is 0 Å². The molecule has 0 heterocycles. The van der Waals surface area contributed by atoms with Crippen LogP contribution in [0.5, 0.6) is 0 Å². The van der Waals surface area contributed by atoms with Gasteiger partial charge in [0, 0.05) is 17.2 Å². The molecule has 3 heteroatoms. The summed E-state index contributed by atoms with van der Waals surface area (Å²) in [4.78, 5) is 3.51. The molecule has 2 nitrogen and oxygen atoms in total. The molecule has 0 saturated heterocycles. The predicted molar refractivity (Wildman–Crippen MR) is 69.5 cm³/mol. The number of nitrogens with zero attached hydrogens (tertiary/aromatic N) is 2. The monoisotopic (exact) mass is 234 g/mol. The summed E-state index contributed by atoms with van der Waals surface area (Å²) in [6.45, 7) is 4.70. The maximum Gasteiger partial charge on any atom is 0.0866 e. The van der Waals surface area contributed by atoms with E-state index in [0.29, 0.717) is 6.54 Å². The normalized spacial score (nSPS) is 10.3. The molecular weight excluding hydrogens is 216 g/mol. The van der Waals surface area contributed by atoms with Crippen LogP contribution in [0.15, 0.2) is 35.2 Å². The van der Waals surface area contributed by atoms with Crippen molar-refractivity contribution in [2.24, 2.45) is 0 Å². The first-order valence-electron chi connectivity index (χ1n) is 5.64. The van der Waals surface area contributed by atoms with Crippen molar-refractivity contribution in [3.63, 3.8) is 0 Å². The molecule has 1 aromatic rings. The van der Waals surface area contributed by atoms with E-state index in [1.54, 1.807) is 0 Å². The lowest BCUT2D eigenvalue weighted by atomic mass is 10.4. The third kappa shape index (κ3) is 5.20. The number of nitriles is 1. The van der Waals surface area contributed by atoms with Gasteiger partial charge in [0.25, 0.3) is 0 Å². The van der Waals surface area contributed by atoms with Crippen molar-refractivity contribution < 1.29 is 0 Å². The highest BCUT2D eigenvalue weighted by Gasteiger charge is 2.02. The van der Waals surface area contributed by atoms with E-state index in [1.807, 2.05) is 17.8 Å². The minimum absolute atomic E-state index is 0.545. The summed E-state index contributed by atoms with van der Waals surface area (Å²) in [5, 5.41) is 8.68. The summed E-state index contributed by atoms with van der Waals surface area (Å²) in [6.07, 6.45) is 1.11. The van der Waals surface area contributed by atoms with Crippen molar-refractivity contribution in [2.45, 2.75) is 18.2 Å². The Morgan fingerprint density at radius 1 is 1.25 bits per heavy atom. The van der Waals surface area contributed by atoms with Crippen LogP contribution < -0.4 is 0 Å². The first kappa shape index (κ1) is 13.1. The standard InChI is InChI=1S/C13H18N2S/c1-2-9-15(10-8-14)11-12-16-13-6-4-3-5-7-13/h3-7H,2,9-12H2,1H3. The van der Waals surface area contributed by atoms with Gasteiger partial charge in [-0.3, -0.25) is 4.90 Å². The van der Waals surface area contributed by atoms with E-state index in [4.69, 9.17) is 5.26 Å². The quantitative estimate of drug-likeness (QED) is 0.536. The van der Waals surface area contributed by atoms with E-state index in [0.717, 1.165) is 25.3 Å². The van der Waals surface area contributed by atoms with Gasteiger partial charge in [0.05, 0.1) is 12.6 Å². The zero-order valence-electron chi connectivity index (χ0n) is 9.72. The highest BCUT2D eigenvalue weighted by Crippen LogP contribution is 2.16. The van der Waals surface area contributed by atoms with Gasteiger partial charge in [-0.15, -0.1) is 11.8 Å². The molecule has 0 radical (unpaired) electrons. The fourth-order valence-corrected chi connectivity index (χ4v) is 2.43. The molecule has 0 aromatic heterocycles. The molecule has 0 atom stereocenters. The summed E-state index contributed by atoms with van der Waals surface area (Å²) < 4.78 is 0. The minimum atomic E-state index is 0.545. The van der Waals surface area contributed by atoms with E-state index in [1.165, 1.54) is 4.90 Å². The number of rotatable bonds is 7. The second kappa shape index (κ2) is 8.20. The molecule has 16 heavy (non-hydrogen) atoms. The SMILES string of the molecule is CCCN(CC#N)CCSc1ccccc1. The van der Waals surface area contributed by atoms with Crippen LogP contribution in [0, 0.1) is 11.3 Å². The van der Waals surface area contributed by atoms with Crippen molar-refractivity contribution in [3.05, 3.63) is 30.3 Å². The van der Waals surface area contributed by atoms with E-state index in [9.17, 15) is 0 Å². The van der Waals surface area contributed by atoms with Crippen LogP contribution in [0.1, 0.15) is 13.3 Å². The molecule has 0 aliphatic heterocycles. The average Bonchev–Trinajstić information content (AvgIpc) is 2.31. The van der Waals surface area contributed by atoms with Gasteiger partial charge in [-0.05, 0) is 25.1 Å². The predicted octanol–water partition coefficient (Wildman–Crippen LogP) is 3.01. The minimum Gasteiger partial charge on any atom is -0.290 e. The van der Waals surface area contributed by atoms with E-state index in [-0.39, 0.29) is 0 Å². The molecule has 0 aliphatic carbocycles. The van der Waals surface area contributed by atoms with Gasteiger partial charge in [-0.25, -0.2) is 0 Å². The van der Waals surface area contributed by atoms with Gasteiger partial charge in [0.15, 0.2) is 0 Å². The van der Waals surface area contributed by atoms with E-state index < -0.39 is 0 Å². The fourth-order valence-electron chi connectivity index (χ4n) is 1.50. The fraction of sp³-hybridized carbons (Fsp3) is 0.462. The topological polar surface area (TPSA) is 27.0 Å². The maximum absolute atomic E-state index is 8.68. The first-order valence-corrected chi connectivity index (χ1v) is 6.62. The van der Waals surface area contributed by atoms with Crippen molar-refractivity contribution in [2.75, 3.05) is 25.4 Å². The molecule has 0 spiro atoms. The molecule has 0 bridgehead atoms. The highest BCUT2D eigenvalue weighted by molar-refractivity contribution is 7.99. The maximum atomic E-state index is 8.68. The molecule has 0 fully saturated rings. The largest absolute Gasteiger partial charge is 0.290 e. The number of hydrogen-bond acceptors (Lipinski definition) is 3. The molecule has 0 N–H and O–H groups in total. The van der Waals surface area contributed by atoms with Crippen LogP contribution in [-0.2, 0) is 0 Å². The smallest absolute Gasteiger partial charge is 0.0866 e. The first-order chi connectivity index (χ1) is 7.86. The molecule has 0 aliphatic rings. The van der Waals surface area contributed by atoms with Crippen molar-refractivity contribution in [1.29, 1.82) is 5.26 Å². The Balaban J connectivity index is 2.25. The van der Waals surface area contributed by atoms with Gasteiger partial charge >= 0.3 is 0 Å². The van der Waals surface area contributed by atoms with Crippen LogP contribution in [0.2, 0.25) is 0 Å². The number of thioether (sulfide) groups is 1. The Labute approximate surface area is 102 Å². The number of benzene rings is 1. The van der Waals surface area contributed by atoms with Gasteiger partial charge in [-0.2, -0.15) is 5.26 Å². The summed E-state index contributed by atoms with van der Waals surface area (Å²) in [6, 6.07) is 12.6. The van der Waals surface area contributed by atoms with E-state index >= 15 is 0 Å². The van der Waals surface area contributed by atoms with Crippen molar-refractivity contribution in [1.82, 2.24) is 4.90 Å². The Morgan fingerprint density at radius 3 is 2.62 bits per heavy atom. The van der Waals surface area contributed by atoms with Crippen molar-refractivity contribution >= 4 is 11.8 Å². The third-order valence-electron chi connectivity index (χ3n) is 2.25. The summed E-state index contributed by atoms with van der Waals surface area (Å²) >= 11 is 1.85. The average molecular weight is 234 g/mol. The van der Waals surface area contributed by atoms with Gasteiger partial charge in [-0.1, -0.05) is 25.1 Å². The summed E-state index contributed by atoms with van der Waals surface area (Å²) in [7, 11) is 0. The molecule has 0 amide bonds. The van der Waals surface area contributed by atoms with Crippen LogP contribution >= 0.6 is 11.8 Å². The van der Waals surface area contributed by atoms with Gasteiger partial charge in [0.1, 0.15) is 0 Å². The molecule has 1 rings (SSSR count). The lowest BCUT2D eigenvalue weighted by Crippen LogP contribution is -2.27. The molecular formula is C13H18N2S. The Morgan fingerprint density at radius 2 is 2.00 bits per heavy atom. The Kier molecular flexibility index (Phi) is 6.71. The van der Waals surface area contributed by atoms with Crippen molar-refractivity contribution in [3.8, 4) is 6.07 Å². The molecule has 0 unspecified atom stereocenters. The summed E-state index contributed by atoms with van der Waals surface area (Å²) in [5.74, 6) is 1.05. The van der Waals surface area contributed by atoms with Gasteiger partial charge < -0.3 is 0 Å². The van der Waals surface area contributed by atoms with Crippen LogP contribution in [0.4, 0.5) is 0 Å². The molecule has 0 saturated carbocycles. The second-order valence-corrected chi connectivity index (χ2v) is 4.76. The van der Waals surface area contributed by atoms with Gasteiger partial charge in [0.2, 0.25) is 0 Å². The number of hydrogen-bond donors (Lipinski definition) is 0. The lowest BCUT2D eigenvalue weighted by Gasteiger charge is -2.17. The third-order valence-corrected chi connectivity index (χ3v) is 3.25. The van der Waals surface area contributed by atoms with E-state index in [2.05, 4.69) is 42.2 Å². The van der Waals surface area contributed by atoms with Crippen LogP contribution in [-0.4, -0.2) is 30.3 Å². The van der Waals surface area contributed by atoms with Crippen LogP contribution in [0.25, 0.3) is 0 Å². The Bertz CT molecular complexity index is 318. The molecule has 1 aromatic carbocycles. The molecule has 86 valence electrons. The zero-order valence-corrected chi connectivity index (χ0v) is 10.5. The summed E-state index contributed by atoms with van der Waals surface area (Å²) in [5.41, 5.74) is 0. The lowest BCUT2D eigenvalue weighted by molar-refractivity contribution is 0.326.